The third-order valence-electron chi connectivity index (χ3n) is 3.17. The van der Waals surface area contributed by atoms with Gasteiger partial charge in [-0.25, -0.2) is 4.98 Å². The maximum atomic E-state index is 4.62. The zero-order valence-corrected chi connectivity index (χ0v) is 11.6. The van der Waals surface area contributed by atoms with E-state index >= 15 is 0 Å². The third-order valence-corrected chi connectivity index (χ3v) is 4.20. The normalized spacial score (nSPS) is 17.0. The van der Waals surface area contributed by atoms with Crippen LogP contribution in [-0.2, 0) is 6.54 Å². The zero-order chi connectivity index (χ0) is 12.5. The molecule has 0 aromatic carbocycles. The highest BCUT2D eigenvalue weighted by Crippen LogP contribution is 2.30. The summed E-state index contributed by atoms with van der Waals surface area (Å²) < 4.78 is 1.97. The van der Waals surface area contributed by atoms with E-state index in [4.69, 9.17) is 0 Å². The Morgan fingerprint density at radius 1 is 1.56 bits per heavy atom. The summed E-state index contributed by atoms with van der Waals surface area (Å²) >= 11 is 1.73. The van der Waals surface area contributed by atoms with Gasteiger partial charge >= 0.3 is 0 Å². The molecule has 0 bridgehead atoms. The number of nitrogens with one attached hydrogen (secondary N) is 1. The maximum Gasteiger partial charge on any atom is 0.115 e. The van der Waals surface area contributed by atoms with Gasteiger partial charge < -0.3 is 5.32 Å². The van der Waals surface area contributed by atoms with E-state index in [2.05, 4.69) is 33.9 Å². The van der Waals surface area contributed by atoms with Crippen molar-refractivity contribution in [3.63, 3.8) is 0 Å². The first-order chi connectivity index (χ1) is 8.76. The van der Waals surface area contributed by atoms with Gasteiger partial charge in [-0.3, -0.25) is 4.68 Å². The minimum Gasteiger partial charge on any atom is -0.301 e. The van der Waals surface area contributed by atoms with Crippen molar-refractivity contribution in [2.45, 2.75) is 45.3 Å². The maximum absolute atomic E-state index is 4.62. The quantitative estimate of drug-likeness (QED) is 0.900. The Morgan fingerprint density at radius 2 is 2.39 bits per heavy atom. The Hall–Kier alpha value is -1.20. The second kappa shape index (κ2) is 4.82. The van der Waals surface area contributed by atoms with Crippen LogP contribution in [0.15, 0.2) is 17.8 Å². The zero-order valence-electron chi connectivity index (χ0n) is 10.8. The van der Waals surface area contributed by atoms with Gasteiger partial charge in [0.25, 0.3) is 0 Å². The first-order valence-electron chi connectivity index (χ1n) is 6.46. The molecule has 2 heterocycles. The summed E-state index contributed by atoms with van der Waals surface area (Å²) in [6, 6.07) is 0.862. The van der Waals surface area contributed by atoms with Crippen LogP contribution in [0, 0.1) is 6.92 Å². The highest BCUT2D eigenvalue weighted by molar-refractivity contribution is 7.09. The third kappa shape index (κ3) is 2.47. The lowest BCUT2D eigenvalue weighted by molar-refractivity contribution is 0.595. The summed E-state index contributed by atoms with van der Waals surface area (Å²) in [5, 5.41) is 11.3. The van der Waals surface area contributed by atoms with E-state index in [1.54, 1.807) is 11.3 Å². The van der Waals surface area contributed by atoms with Crippen molar-refractivity contribution in [1.29, 1.82) is 0 Å². The molecule has 1 saturated carbocycles. The van der Waals surface area contributed by atoms with Gasteiger partial charge in [0, 0.05) is 35.4 Å². The van der Waals surface area contributed by atoms with Gasteiger partial charge in [0.15, 0.2) is 0 Å². The first-order valence-corrected chi connectivity index (χ1v) is 7.34. The number of hydrogen-bond donors (Lipinski definition) is 1. The average molecular weight is 262 g/mol. The summed E-state index contributed by atoms with van der Waals surface area (Å²) in [7, 11) is 0. The summed E-state index contributed by atoms with van der Waals surface area (Å²) in [6.45, 7) is 5.06. The van der Waals surface area contributed by atoms with Crippen LogP contribution in [-0.4, -0.2) is 20.8 Å². The van der Waals surface area contributed by atoms with E-state index in [0.29, 0.717) is 6.04 Å². The SMILES string of the molecule is CCn1cc(C(NC2CC2)c2nc(C)cs2)cn1. The lowest BCUT2D eigenvalue weighted by Gasteiger charge is -2.14. The van der Waals surface area contributed by atoms with Crippen LogP contribution in [0.4, 0.5) is 0 Å². The van der Waals surface area contributed by atoms with Crippen molar-refractivity contribution < 1.29 is 0 Å². The van der Waals surface area contributed by atoms with Crippen LogP contribution in [0.1, 0.15) is 42.1 Å². The van der Waals surface area contributed by atoms with Crippen LogP contribution in [0.2, 0.25) is 0 Å². The predicted octanol–water partition coefficient (Wildman–Crippen LogP) is 2.51. The molecule has 4 nitrogen and oxygen atoms in total. The molecule has 0 aliphatic heterocycles. The Morgan fingerprint density at radius 3 is 2.94 bits per heavy atom. The average Bonchev–Trinajstić information content (AvgIpc) is 2.90. The largest absolute Gasteiger partial charge is 0.301 e. The molecule has 2 aromatic rings. The van der Waals surface area contributed by atoms with Crippen molar-refractivity contribution in [2.24, 2.45) is 0 Å². The molecule has 1 aliphatic carbocycles. The fraction of sp³-hybridized carbons (Fsp3) is 0.538. The molecule has 0 saturated heterocycles. The summed E-state index contributed by atoms with van der Waals surface area (Å²) in [6.07, 6.45) is 6.64. The molecule has 0 spiro atoms. The molecule has 96 valence electrons. The molecule has 0 amide bonds. The van der Waals surface area contributed by atoms with Crippen LogP contribution in [0.25, 0.3) is 0 Å². The van der Waals surface area contributed by atoms with E-state index in [1.165, 1.54) is 18.4 Å². The second-order valence-electron chi connectivity index (χ2n) is 4.83. The molecule has 1 fully saturated rings. The molecule has 0 radical (unpaired) electrons. The van der Waals surface area contributed by atoms with Gasteiger partial charge in [0.2, 0.25) is 0 Å². The molecule has 2 aromatic heterocycles. The van der Waals surface area contributed by atoms with Crippen molar-refractivity contribution in [3.8, 4) is 0 Å². The minimum atomic E-state index is 0.205. The number of thiazole rings is 1. The van der Waals surface area contributed by atoms with Crippen LogP contribution in [0.3, 0.4) is 0 Å². The second-order valence-corrected chi connectivity index (χ2v) is 5.72. The Balaban J connectivity index is 1.88. The van der Waals surface area contributed by atoms with Gasteiger partial charge in [-0.05, 0) is 26.7 Å². The van der Waals surface area contributed by atoms with Crippen molar-refractivity contribution >= 4 is 11.3 Å². The monoisotopic (exact) mass is 262 g/mol. The van der Waals surface area contributed by atoms with E-state index in [9.17, 15) is 0 Å². The van der Waals surface area contributed by atoms with E-state index < -0.39 is 0 Å². The molecule has 1 aliphatic rings. The molecule has 18 heavy (non-hydrogen) atoms. The van der Waals surface area contributed by atoms with Gasteiger partial charge in [-0.2, -0.15) is 5.10 Å². The van der Waals surface area contributed by atoms with Crippen LogP contribution < -0.4 is 5.32 Å². The highest BCUT2D eigenvalue weighted by atomic mass is 32.1. The summed E-state index contributed by atoms with van der Waals surface area (Å²) in [5.41, 5.74) is 2.32. The molecule has 1 unspecified atom stereocenters. The van der Waals surface area contributed by atoms with Crippen molar-refractivity contribution in [3.05, 3.63) is 34.0 Å². The van der Waals surface area contributed by atoms with Crippen molar-refractivity contribution in [2.75, 3.05) is 0 Å². The van der Waals surface area contributed by atoms with Gasteiger partial charge in [-0.15, -0.1) is 11.3 Å². The van der Waals surface area contributed by atoms with Gasteiger partial charge in [-0.1, -0.05) is 0 Å². The number of rotatable bonds is 5. The highest BCUT2D eigenvalue weighted by Gasteiger charge is 2.28. The Labute approximate surface area is 111 Å². The van der Waals surface area contributed by atoms with E-state index in [-0.39, 0.29) is 6.04 Å². The topological polar surface area (TPSA) is 42.7 Å². The molecular formula is C13H18N4S. The van der Waals surface area contributed by atoms with E-state index in [0.717, 1.165) is 17.2 Å². The number of nitrogens with zero attached hydrogens (tertiary/aromatic N) is 3. The van der Waals surface area contributed by atoms with E-state index in [1.807, 2.05) is 17.8 Å². The molecule has 3 rings (SSSR count). The first kappa shape index (κ1) is 11.9. The molecule has 1 N–H and O–H groups in total. The Kier molecular flexibility index (Phi) is 3.18. The summed E-state index contributed by atoms with van der Waals surface area (Å²) in [4.78, 5) is 4.62. The Bertz CT molecular complexity index is 527. The van der Waals surface area contributed by atoms with Gasteiger partial charge in [0.05, 0.1) is 12.2 Å². The number of aromatic nitrogens is 3. The fourth-order valence-corrected chi connectivity index (χ4v) is 2.88. The van der Waals surface area contributed by atoms with Gasteiger partial charge in [0.1, 0.15) is 5.01 Å². The fourth-order valence-electron chi connectivity index (χ4n) is 2.00. The van der Waals surface area contributed by atoms with Crippen LogP contribution >= 0.6 is 11.3 Å². The molecule has 5 heteroatoms. The molecule has 1 atom stereocenters. The number of hydrogen-bond acceptors (Lipinski definition) is 4. The lowest BCUT2D eigenvalue weighted by Crippen LogP contribution is -2.24. The smallest absolute Gasteiger partial charge is 0.115 e. The minimum absolute atomic E-state index is 0.205. The standard InChI is InChI=1S/C13H18N4S/c1-3-17-7-10(6-14-17)12(16-11-4-5-11)13-15-9(2)8-18-13/h6-8,11-12,16H,3-5H2,1-2H3. The van der Waals surface area contributed by atoms with Crippen molar-refractivity contribution in [1.82, 2.24) is 20.1 Å². The lowest BCUT2D eigenvalue weighted by atomic mass is 10.1. The number of aryl methyl sites for hydroxylation is 2. The molecular weight excluding hydrogens is 244 g/mol. The van der Waals surface area contributed by atoms with Crippen LogP contribution in [0.5, 0.6) is 0 Å². The predicted molar refractivity (Wildman–Crippen MR) is 72.8 cm³/mol. The summed E-state index contributed by atoms with van der Waals surface area (Å²) in [5.74, 6) is 0.